The molecule has 1 aliphatic rings. The molecular formula is C18H20FN. The highest BCUT2D eigenvalue weighted by atomic mass is 19.1. The highest BCUT2D eigenvalue weighted by Gasteiger charge is 2.20. The molecule has 1 atom stereocenters. The topological polar surface area (TPSA) is 26.0 Å². The summed E-state index contributed by atoms with van der Waals surface area (Å²) in [4.78, 5) is 0. The van der Waals surface area contributed by atoms with Crippen molar-refractivity contribution in [2.75, 3.05) is 0 Å². The summed E-state index contributed by atoms with van der Waals surface area (Å²) in [5.41, 5.74) is 9.44. The van der Waals surface area contributed by atoms with Gasteiger partial charge in [-0.25, -0.2) is 4.39 Å². The first-order valence-corrected chi connectivity index (χ1v) is 7.33. The van der Waals surface area contributed by atoms with Gasteiger partial charge in [0.05, 0.1) is 0 Å². The third-order valence-electron chi connectivity index (χ3n) is 4.31. The van der Waals surface area contributed by atoms with Crippen LogP contribution in [0, 0.1) is 5.82 Å². The van der Waals surface area contributed by atoms with Gasteiger partial charge in [-0.3, -0.25) is 0 Å². The Morgan fingerprint density at radius 1 is 1.10 bits per heavy atom. The maximum Gasteiger partial charge on any atom is 0.126 e. The van der Waals surface area contributed by atoms with E-state index in [1.807, 2.05) is 18.2 Å². The van der Waals surface area contributed by atoms with E-state index in [1.165, 1.54) is 30.9 Å². The second-order valence-corrected chi connectivity index (χ2v) is 5.70. The van der Waals surface area contributed by atoms with Crippen LogP contribution in [-0.2, 0) is 6.42 Å². The zero-order chi connectivity index (χ0) is 13.9. The molecule has 0 saturated heterocycles. The second kappa shape index (κ2) is 5.76. The number of hydrogen-bond donors (Lipinski definition) is 1. The Bertz CT molecular complexity index is 589. The van der Waals surface area contributed by atoms with E-state index in [4.69, 9.17) is 5.73 Å². The molecule has 1 aliphatic carbocycles. The van der Waals surface area contributed by atoms with Gasteiger partial charge >= 0.3 is 0 Å². The van der Waals surface area contributed by atoms with E-state index in [1.54, 1.807) is 6.07 Å². The molecule has 0 aromatic heterocycles. The molecule has 20 heavy (non-hydrogen) atoms. The number of halogens is 1. The Morgan fingerprint density at radius 2 is 1.90 bits per heavy atom. The largest absolute Gasteiger partial charge is 0.324 e. The lowest BCUT2D eigenvalue weighted by Crippen LogP contribution is -2.15. The minimum atomic E-state index is -0.168. The average molecular weight is 269 g/mol. The molecular weight excluding hydrogens is 249 g/mol. The molecule has 104 valence electrons. The number of nitrogens with two attached hydrogens (primary N) is 1. The summed E-state index contributed by atoms with van der Waals surface area (Å²) >= 11 is 0. The van der Waals surface area contributed by atoms with Gasteiger partial charge in [0.15, 0.2) is 0 Å². The smallest absolute Gasteiger partial charge is 0.126 e. The van der Waals surface area contributed by atoms with Crippen LogP contribution in [-0.4, -0.2) is 0 Å². The van der Waals surface area contributed by atoms with Crippen molar-refractivity contribution in [2.24, 2.45) is 5.73 Å². The van der Waals surface area contributed by atoms with Gasteiger partial charge in [-0.2, -0.15) is 0 Å². The second-order valence-electron chi connectivity index (χ2n) is 5.70. The van der Waals surface area contributed by atoms with Crippen LogP contribution < -0.4 is 5.73 Å². The Balaban J connectivity index is 1.76. The minimum Gasteiger partial charge on any atom is -0.324 e. The standard InChI is InChI=1S/C18H20FN/c19-17-10-2-1-5-15(17)12-18(20)16-9-4-8-14(11-16)13-6-3-7-13/h1-2,4-5,8-11,13,18H,3,6-7,12,20H2. The highest BCUT2D eigenvalue weighted by molar-refractivity contribution is 5.31. The molecule has 2 aromatic rings. The Morgan fingerprint density at radius 3 is 2.60 bits per heavy atom. The molecule has 2 aromatic carbocycles. The van der Waals surface area contributed by atoms with Crippen molar-refractivity contribution in [1.82, 2.24) is 0 Å². The molecule has 1 saturated carbocycles. The molecule has 0 spiro atoms. The zero-order valence-corrected chi connectivity index (χ0v) is 11.6. The highest BCUT2D eigenvalue weighted by Crippen LogP contribution is 2.37. The summed E-state index contributed by atoms with van der Waals surface area (Å²) in [7, 11) is 0. The van der Waals surface area contributed by atoms with E-state index < -0.39 is 0 Å². The molecule has 3 rings (SSSR count). The maximum absolute atomic E-state index is 13.7. The lowest BCUT2D eigenvalue weighted by Gasteiger charge is -2.26. The summed E-state index contributed by atoms with van der Waals surface area (Å²) in [6.07, 6.45) is 4.44. The summed E-state index contributed by atoms with van der Waals surface area (Å²) < 4.78 is 13.7. The normalized spacial score (nSPS) is 16.7. The summed E-state index contributed by atoms with van der Waals surface area (Å²) in [6, 6.07) is 15.2. The van der Waals surface area contributed by atoms with Crippen LogP contribution in [0.25, 0.3) is 0 Å². The van der Waals surface area contributed by atoms with Crippen molar-refractivity contribution in [3.05, 3.63) is 71.0 Å². The van der Waals surface area contributed by atoms with Gasteiger partial charge in [-0.05, 0) is 47.9 Å². The fourth-order valence-electron chi connectivity index (χ4n) is 2.80. The van der Waals surface area contributed by atoms with E-state index in [0.29, 0.717) is 17.9 Å². The van der Waals surface area contributed by atoms with E-state index in [9.17, 15) is 4.39 Å². The third-order valence-corrected chi connectivity index (χ3v) is 4.31. The van der Waals surface area contributed by atoms with E-state index in [2.05, 4.69) is 18.2 Å². The van der Waals surface area contributed by atoms with Gasteiger partial charge in [0.1, 0.15) is 5.82 Å². The quantitative estimate of drug-likeness (QED) is 0.878. The summed E-state index contributed by atoms with van der Waals surface area (Å²) in [6.45, 7) is 0. The van der Waals surface area contributed by atoms with Crippen molar-refractivity contribution in [3.8, 4) is 0 Å². The number of rotatable bonds is 4. The zero-order valence-electron chi connectivity index (χ0n) is 11.6. The molecule has 1 nitrogen and oxygen atoms in total. The molecule has 0 bridgehead atoms. The monoisotopic (exact) mass is 269 g/mol. The molecule has 1 unspecified atom stereocenters. The Labute approximate surface area is 119 Å². The Kier molecular flexibility index (Phi) is 3.83. The first-order valence-electron chi connectivity index (χ1n) is 7.33. The van der Waals surface area contributed by atoms with Crippen molar-refractivity contribution in [1.29, 1.82) is 0 Å². The molecule has 2 N–H and O–H groups in total. The summed E-state index contributed by atoms with van der Waals surface area (Å²) in [5, 5.41) is 0. The first kappa shape index (κ1) is 13.3. The van der Waals surface area contributed by atoms with Gasteiger partial charge in [-0.15, -0.1) is 0 Å². The Hall–Kier alpha value is -1.67. The van der Waals surface area contributed by atoms with Gasteiger partial charge in [0, 0.05) is 6.04 Å². The predicted molar refractivity (Wildman–Crippen MR) is 80.1 cm³/mol. The van der Waals surface area contributed by atoms with Crippen LogP contribution in [0.5, 0.6) is 0 Å². The van der Waals surface area contributed by atoms with Crippen LogP contribution >= 0.6 is 0 Å². The van der Waals surface area contributed by atoms with Crippen molar-refractivity contribution >= 4 is 0 Å². The van der Waals surface area contributed by atoms with Gasteiger partial charge in [0.25, 0.3) is 0 Å². The molecule has 0 radical (unpaired) electrons. The summed E-state index contributed by atoms with van der Waals surface area (Å²) in [5.74, 6) is 0.536. The first-order chi connectivity index (χ1) is 9.74. The van der Waals surface area contributed by atoms with Crippen LogP contribution in [0.4, 0.5) is 4.39 Å². The predicted octanol–water partition coefficient (Wildman–Crippen LogP) is 4.34. The van der Waals surface area contributed by atoms with Crippen LogP contribution in [0.15, 0.2) is 48.5 Å². The average Bonchev–Trinajstić information content (AvgIpc) is 2.40. The molecule has 2 heteroatoms. The SMILES string of the molecule is NC(Cc1ccccc1F)c1cccc(C2CCC2)c1. The van der Waals surface area contributed by atoms with Gasteiger partial charge in [-0.1, -0.05) is 48.9 Å². The van der Waals surface area contributed by atoms with Crippen molar-refractivity contribution in [2.45, 2.75) is 37.6 Å². The van der Waals surface area contributed by atoms with Gasteiger partial charge < -0.3 is 5.73 Å². The van der Waals surface area contributed by atoms with E-state index >= 15 is 0 Å². The molecule has 0 aliphatic heterocycles. The fraction of sp³-hybridized carbons (Fsp3) is 0.333. The van der Waals surface area contributed by atoms with Gasteiger partial charge in [0.2, 0.25) is 0 Å². The maximum atomic E-state index is 13.7. The third kappa shape index (κ3) is 2.75. The number of benzene rings is 2. The van der Waals surface area contributed by atoms with Crippen LogP contribution in [0.2, 0.25) is 0 Å². The van der Waals surface area contributed by atoms with Crippen LogP contribution in [0.1, 0.15) is 47.9 Å². The lowest BCUT2D eigenvalue weighted by atomic mass is 9.79. The van der Waals surface area contributed by atoms with Crippen LogP contribution in [0.3, 0.4) is 0 Å². The molecule has 0 heterocycles. The lowest BCUT2D eigenvalue weighted by molar-refractivity contribution is 0.419. The molecule has 0 amide bonds. The van der Waals surface area contributed by atoms with E-state index in [0.717, 1.165) is 5.56 Å². The van der Waals surface area contributed by atoms with Crippen molar-refractivity contribution in [3.63, 3.8) is 0 Å². The number of hydrogen-bond acceptors (Lipinski definition) is 1. The fourth-order valence-corrected chi connectivity index (χ4v) is 2.80. The minimum absolute atomic E-state index is 0.146. The van der Waals surface area contributed by atoms with Crippen molar-refractivity contribution < 1.29 is 4.39 Å². The van der Waals surface area contributed by atoms with E-state index in [-0.39, 0.29) is 11.9 Å². The molecule has 1 fully saturated rings.